The van der Waals surface area contributed by atoms with E-state index in [-0.39, 0.29) is 11.8 Å². The lowest BCUT2D eigenvalue weighted by Crippen LogP contribution is -2.49. The molecule has 1 aliphatic heterocycles. The van der Waals surface area contributed by atoms with Gasteiger partial charge in [0.1, 0.15) is 11.6 Å². The number of amides is 2. The molecule has 3 heterocycles. The molecular formula is C27H31FN6O3. The monoisotopic (exact) mass is 506 g/mol. The molecule has 10 heteroatoms. The minimum absolute atomic E-state index is 0.143. The molecule has 0 bridgehead atoms. The third-order valence-electron chi connectivity index (χ3n) is 6.36. The van der Waals surface area contributed by atoms with Gasteiger partial charge in [0.2, 0.25) is 0 Å². The Bertz CT molecular complexity index is 1240. The number of ether oxygens (including phenoxy) is 1. The fourth-order valence-corrected chi connectivity index (χ4v) is 4.30. The first-order valence-electron chi connectivity index (χ1n) is 12.5. The lowest BCUT2D eigenvalue weighted by Gasteiger charge is -2.35. The minimum atomic E-state index is -0.491. The number of hydrogen-bond donors (Lipinski definition) is 0. The smallest absolute Gasteiger partial charge is 0.274 e. The van der Waals surface area contributed by atoms with Gasteiger partial charge in [-0.05, 0) is 51.1 Å². The van der Waals surface area contributed by atoms with Crippen molar-refractivity contribution in [2.24, 2.45) is 0 Å². The van der Waals surface area contributed by atoms with E-state index in [1.54, 1.807) is 52.5 Å². The predicted molar refractivity (Wildman–Crippen MR) is 138 cm³/mol. The number of rotatable bonds is 8. The van der Waals surface area contributed by atoms with Crippen molar-refractivity contribution in [1.29, 1.82) is 0 Å². The molecule has 1 fully saturated rings. The number of hydrogen-bond acceptors (Lipinski definition) is 7. The Morgan fingerprint density at radius 1 is 0.973 bits per heavy atom. The van der Waals surface area contributed by atoms with E-state index in [4.69, 9.17) is 4.74 Å². The van der Waals surface area contributed by atoms with Crippen LogP contribution in [-0.4, -0.2) is 82.7 Å². The topological polar surface area (TPSA) is 91.8 Å². The van der Waals surface area contributed by atoms with Gasteiger partial charge in [-0.25, -0.2) is 4.39 Å². The highest BCUT2D eigenvalue weighted by Gasteiger charge is 2.24. The molecule has 0 saturated carbocycles. The van der Waals surface area contributed by atoms with Crippen LogP contribution in [-0.2, 0) is 0 Å². The number of halogens is 1. The van der Waals surface area contributed by atoms with Crippen LogP contribution in [0.5, 0.6) is 5.75 Å². The molecular weight excluding hydrogens is 475 g/mol. The molecule has 0 unspecified atom stereocenters. The fraction of sp³-hybridized carbons (Fsp3) is 0.370. The Kier molecular flexibility index (Phi) is 8.27. The Balaban J connectivity index is 1.38. The maximum absolute atomic E-state index is 15.0. The standard InChI is InChI=1S/C27H31FN6O3/c1-4-32(5-2)27(36)24-9-10-25(31-30-24)33-11-13-34(14-12-33)26(35)19-7-8-22(23(28)16-19)20-15-21(37-6-3)18-29-17-20/h7-10,15-18H,4-6,11-14H2,1-3H3. The van der Waals surface area contributed by atoms with Gasteiger partial charge >= 0.3 is 0 Å². The zero-order valence-electron chi connectivity index (χ0n) is 21.4. The van der Waals surface area contributed by atoms with Crippen LogP contribution in [0.2, 0.25) is 0 Å². The van der Waals surface area contributed by atoms with E-state index < -0.39 is 5.82 Å². The van der Waals surface area contributed by atoms with Gasteiger partial charge in [0.15, 0.2) is 11.5 Å². The SMILES string of the molecule is CCOc1cncc(-c2ccc(C(=O)N3CCN(c4ccc(C(=O)N(CC)CC)nn4)CC3)cc2F)c1. The van der Waals surface area contributed by atoms with Gasteiger partial charge in [-0.15, -0.1) is 10.2 Å². The molecule has 1 saturated heterocycles. The molecule has 0 atom stereocenters. The van der Waals surface area contributed by atoms with E-state index >= 15 is 0 Å². The van der Waals surface area contributed by atoms with Gasteiger partial charge in [0.25, 0.3) is 11.8 Å². The third kappa shape index (κ3) is 5.84. The minimum Gasteiger partial charge on any atom is -0.492 e. The summed E-state index contributed by atoms with van der Waals surface area (Å²) in [5.41, 5.74) is 1.55. The van der Waals surface area contributed by atoms with Crippen molar-refractivity contribution in [2.75, 3.05) is 50.8 Å². The number of aromatic nitrogens is 3. The maximum atomic E-state index is 15.0. The molecule has 37 heavy (non-hydrogen) atoms. The van der Waals surface area contributed by atoms with Crippen molar-refractivity contribution >= 4 is 17.6 Å². The first kappa shape index (κ1) is 26.0. The number of benzene rings is 1. The highest BCUT2D eigenvalue weighted by atomic mass is 19.1. The first-order chi connectivity index (χ1) is 17.9. The van der Waals surface area contributed by atoms with Crippen molar-refractivity contribution in [1.82, 2.24) is 25.0 Å². The van der Waals surface area contributed by atoms with Crippen LogP contribution in [0.4, 0.5) is 10.2 Å². The van der Waals surface area contributed by atoms with Gasteiger partial charge < -0.3 is 19.4 Å². The molecule has 4 rings (SSSR count). The zero-order valence-corrected chi connectivity index (χ0v) is 21.4. The van der Waals surface area contributed by atoms with Gasteiger partial charge in [-0.1, -0.05) is 6.07 Å². The third-order valence-corrected chi connectivity index (χ3v) is 6.36. The Morgan fingerprint density at radius 2 is 1.73 bits per heavy atom. The van der Waals surface area contributed by atoms with E-state index in [9.17, 15) is 14.0 Å². The highest BCUT2D eigenvalue weighted by molar-refractivity contribution is 5.95. The second kappa shape index (κ2) is 11.8. The van der Waals surface area contributed by atoms with Gasteiger partial charge in [0.05, 0.1) is 12.8 Å². The van der Waals surface area contributed by atoms with Crippen LogP contribution in [0.3, 0.4) is 0 Å². The lowest BCUT2D eigenvalue weighted by atomic mass is 10.0. The molecule has 2 amide bonds. The molecule has 1 aromatic carbocycles. The molecule has 9 nitrogen and oxygen atoms in total. The molecule has 0 spiro atoms. The number of carbonyl (C=O) groups is 2. The first-order valence-corrected chi connectivity index (χ1v) is 12.5. The van der Waals surface area contributed by atoms with Crippen LogP contribution in [0.15, 0.2) is 48.8 Å². The summed E-state index contributed by atoms with van der Waals surface area (Å²) < 4.78 is 20.4. The van der Waals surface area contributed by atoms with E-state index in [2.05, 4.69) is 15.2 Å². The second-order valence-electron chi connectivity index (χ2n) is 8.57. The van der Waals surface area contributed by atoms with Crippen LogP contribution < -0.4 is 9.64 Å². The largest absolute Gasteiger partial charge is 0.492 e. The molecule has 1 aliphatic rings. The average molecular weight is 507 g/mol. The number of carbonyl (C=O) groups excluding carboxylic acids is 2. The predicted octanol–water partition coefficient (Wildman–Crippen LogP) is 3.52. The summed E-state index contributed by atoms with van der Waals surface area (Å²) in [5, 5.41) is 8.35. The molecule has 2 aromatic heterocycles. The summed E-state index contributed by atoms with van der Waals surface area (Å²) in [4.78, 5) is 35.0. The fourth-order valence-electron chi connectivity index (χ4n) is 4.30. The van der Waals surface area contributed by atoms with Crippen molar-refractivity contribution in [3.63, 3.8) is 0 Å². The van der Waals surface area contributed by atoms with E-state index in [1.165, 1.54) is 6.07 Å². The van der Waals surface area contributed by atoms with Crippen molar-refractivity contribution in [2.45, 2.75) is 20.8 Å². The summed E-state index contributed by atoms with van der Waals surface area (Å²) in [6.07, 6.45) is 3.14. The van der Waals surface area contributed by atoms with Gasteiger partial charge in [0, 0.05) is 62.2 Å². The number of nitrogens with zero attached hydrogens (tertiary/aromatic N) is 6. The molecule has 0 N–H and O–H groups in total. The van der Waals surface area contributed by atoms with Crippen LogP contribution in [0.1, 0.15) is 41.6 Å². The Morgan fingerprint density at radius 3 is 2.35 bits per heavy atom. The summed E-state index contributed by atoms with van der Waals surface area (Å²) in [6.45, 7) is 9.46. The quantitative estimate of drug-likeness (QED) is 0.462. The van der Waals surface area contributed by atoms with E-state index in [1.807, 2.05) is 25.7 Å². The second-order valence-corrected chi connectivity index (χ2v) is 8.57. The van der Waals surface area contributed by atoms with Crippen LogP contribution in [0.25, 0.3) is 11.1 Å². The zero-order chi connectivity index (χ0) is 26.4. The molecule has 0 radical (unpaired) electrons. The van der Waals surface area contributed by atoms with Gasteiger partial charge in [-0.3, -0.25) is 14.6 Å². The molecule has 0 aliphatic carbocycles. The van der Waals surface area contributed by atoms with Crippen LogP contribution >= 0.6 is 0 Å². The molecule has 3 aromatic rings. The maximum Gasteiger partial charge on any atom is 0.274 e. The summed E-state index contributed by atoms with van der Waals surface area (Å²) in [7, 11) is 0. The summed E-state index contributed by atoms with van der Waals surface area (Å²) >= 11 is 0. The molecule has 194 valence electrons. The van der Waals surface area contributed by atoms with Crippen LogP contribution in [0, 0.1) is 5.82 Å². The number of anilines is 1. The van der Waals surface area contributed by atoms with Crippen molar-refractivity contribution in [3.8, 4) is 16.9 Å². The number of pyridine rings is 1. The lowest BCUT2D eigenvalue weighted by molar-refractivity contribution is 0.0742. The summed E-state index contributed by atoms with van der Waals surface area (Å²) in [6, 6.07) is 9.70. The van der Waals surface area contributed by atoms with Crippen molar-refractivity contribution in [3.05, 3.63) is 65.9 Å². The normalized spacial score (nSPS) is 13.4. The van der Waals surface area contributed by atoms with E-state index in [0.29, 0.717) is 79.8 Å². The Hall–Kier alpha value is -4.08. The number of piperazine rings is 1. The average Bonchev–Trinajstić information content (AvgIpc) is 2.94. The highest BCUT2D eigenvalue weighted by Crippen LogP contribution is 2.27. The van der Waals surface area contributed by atoms with Gasteiger partial charge in [-0.2, -0.15) is 0 Å². The Labute approximate surface area is 215 Å². The van der Waals surface area contributed by atoms with E-state index in [0.717, 1.165) is 0 Å². The summed E-state index contributed by atoms with van der Waals surface area (Å²) in [5.74, 6) is 0.358. The van der Waals surface area contributed by atoms with Crippen molar-refractivity contribution < 1.29 is 18.7 Å².